The highest BCUT2D eigenvalue weighted by atomic mass is 32.1. The molecule has 1 unspecified atom stereocenters. The first kappa shape index (κ1) is 11.5. The summed E-state index contributed by atoms with van der Waals surface area (Å²) in [6.07, 6.45) is -0.176. The number of ether oxygens (including phenoxy) is 1. The van der Waals surface area contributed by atoms with Gasteiger partial charge in [0.05, 0.1) is 12.7 Å². The Kier molecular flexibility index (Phi) is 3.20. The number of aliphatic hydroxyl groups is 2. The van der Waals surface area contributed by atoms with E-state index >= 15 is 0 Å². The molecular formula is C9H12N2O4S. The van der Waals surface area contributed by atoms with Gasteiger partial charge in [0, 0.05) is 12.6 Å². The summed E-state index contributed by atoms with van der Waals surface area (Å²) in [4.78, 5) is 14.0. The predicted octanol–water partition coefficient (Wildman–Crippen LogP) is -0.453. The lowest BCUT2D eigenvalue weighted by Gasteiger charge is -2.13. The monoisotopic (exact) mass is 244 g/mol. The van der Waals surface area contributed by atoms with Crippen LogP contribution in [0.15, 0.2) is 17.1 Å². The summed E-state index contributed by atoms with van der Waals surface area (Å²) >= 11 is 4.80. The molecule has 88 valence electrons. The van der Waals surface area contributed by atoms with Crippen LogP contribution in [-0.4, -0.2) is 38.6 Å². The molecule has 7 heteroatoms. The highest BCUT2D eigenvalue weighted by Gasteiger charge is 2.34. The van der Waals surface area contributed by atoms with Gasteiger partial charge in [0.15, 0.2) is 0 Å². The molecule has 3 N–H and O–H groups in total. The number of aromatic amines is 1. The van der Waals surface area contributed by atoms with Gasteiger partial charge in [0.1, 0.15) is 17.0 Å². The van der Waals surface area contributed by atoms with E-state index in [4.69, 9.17) is 22.1 Å². The molecule has 0 aromatic carbocycles. The third kappa shape index (κ3) is 2.07. The lowest BCUT2D eigenvalue weighted by Crippen LogP contribution is -2.27. The minimum atomic E-state index is -0.759. The Morgan fingerprint density at radius 3 is 3.00 bits per heavy atom. The maximum absolute atomic E-state index is 11.5. The number of aliphatic hydroxyl groups excluding tert-OH is 2. The molecule has 16 heavy (non-hydrogen) atoms. The third-order valence-corrected chi connectivity index (χ3v) is 2.78. The smallest absolute Gasteiger partial charge is 0.328 e. The summed E-state index contributed by atoms with van der Waals surface area (Å²) < 4.78 is 7.00. The van der Waals surface area contributed by atoms with Gasteiger partial charge in [-0.15, -0.1) is 0 Å². The van der Waals surface area contributed by atoms with Crippen LogP contribution in [0.1, 0.15) is 12.6 Å². The van der Waals surface area contributed by atoms with Gasteiger partial charge in [-0.05, 0) is 6.07 Å². The van der Waals surface area contributed by atoms with Crippen LogP contribution in [0.4, 0.5) is 0 Å². The lowest BCUT2D eigenvalue weighted by atomic mass is 10.2. The Morgan fingerprint density at radius 2 is 2.44 bits per heavy atom. The first-order chi connectivity index (χ1) is 7.61. The van der Waals surface area contributed by atoms with E-state index in [-0.39, 0.29) is 18.7 Å². The van der Waals surface area contributed by atoms with Gasteiger partial charge in [-0.25, -0.2) is 4.79 Å². The zero-order valence-electron chi connectivity index (χ0n) is 8.37. The average molecular weight is 244 g/mol. The largest absolute Gasteiger partial charge is 0.394 e. The summed E-state index contributed by atoms with van der Waals surface area (Å²) in [6.45, 7) is -0.269. The van der Waals surface area contributed by atoms with Crippen molar-refractivity contribution in [3.05, 3.63) is 27.4 Å². The second-order valence-corrected chi connectivity index (χ2v) is 4.07. The van der Waals surface area contributed by atoms with Crippen molar-refractivity contribution in [3.63, 3.8) is 0 Å². The van der Waals surface area contributed by atoms with Crippen molar-refractivity contribution in [3.8, 4) is 0 Å². The molecule has 6 nitrogen and oxygen atoms in total. The molecule has 2 rings (SSSR count). The van der Waals surface area contributed by atoms with E-state index in [1.807, 2.05) is 0 Å². The molecule has 0 aliphatic carbocycles. The number of nitrogens with one attached hydrogen (secondary N) is 1. The minimum Gasteiger partial charge on any atom is -0.394 e. The Balaban J connectivity index is 2.27. The van der Waals surface area contributed by atoms with E-state index in [0.29, 0.717) is 4.64 Å². The summed E-state index contributed by atoms with van der Waals surface area (Å²) in [5.74, 6) is 0. The van der Waals surface area contributed by atoms with Crippen molar-refractivity contribution >= 4 is 12.2 Å². The van der Waals surface area contributed by atoms with Crippen LogP contribution >= 0.6 is 12.2 Å². The number of hydrogen-bond acceptors (Lipinski definition) is 5. The van der Waals surface area contributed by atoms with Crippen LogP contribution in [0.25, 0.3) is 0 Å². The molecule has 1 fully saturated rings. The number of hydrogen-bond donors (Lipinski definition) is 3. The Labute approximate surface area is 96.1 Å². The molecule has 1 aliphatic heterocycles. The molecule has 1 saturated heterocycles. The van der Waals surface area contributed by atoms with Crippen molar-refractivity contribution < 1.29 is 14.9 Å². The molecule has 0 bridgehead atoms. The van der Waals surface area contributed by atoms with Crippen molar-refractivity contribution in [2.24, 2.45) is 0 Å². The summed E-state index contributed by atoms with van der Waals surface area (Å²) in [5, 5.41) is 18.5. The van der Waals surface area contributed by atoms with E-state index in [1.165, 1.54) is 10.8 Å². The van der Waals surface area contributed by atoms with E-state index in [1.54, 1.807) is 6.07 Å². The third-order valence-electron chi connectivity index (χ3n) is 2.55. The molecule has 0 amide bonds. The number of H-pyrrole nitrogens is 1. The topological polar surface area (TPSA) is 87.5 Å². The summed E-state index contributed by atoms with van der Waals surface area (Å²) in [6, 6.07) is 1.57. The van der Waals surface area contributed by atoms with Gasteiger partial charge in [-0.2, -0.15) is 0 Å². The summed E-state index contributed by atoms with van der Waals surface area (Å²) in [5.41, 5.74) is -0.386. The zero-order chi connectivity index (χ0) is 11.7. The van der Waals surface area contributed by atoms with Crippen LogP contribution < -0.4 is 5.69 Å². The maximum Gasteiger partial charge on any atom is 0.328 e. The molecular weight excluding hydrogens is 232 g/mol. The van der Waals surface area contributed by atoms with Gasteiger partial charge in [-0.1, -0.05) is 12.2 Å². The van der Waals surface area contributed by atoms with Gasteiger partial charge in [-0.3, -0.25) is 9.55 Å². The number of nitrogens with zero attached hydrogens (tertiary/aromatic N) is 1. The van der Waals surface area contributed by atoms with E-state index in [2.05, 4.69) is 4.98 Å². The molecule has 0 spiro atoms. The second-order valence-electron chi connectivity index (χ2n) is 3.63. The predicted molar refractivity (Wildman–Crippen MR) is 57.5 cm³/mol. The highest BCUT2D eigenvalue weighted by molar-refractivity contribution is 7.71. The standard InChI is InChI=1S/C9H12N2O4S/c12-4-6-5(13)3-8(15-6)11-2-1-7(16)10-9(11)14/h1-2,5-6,8,12-13H,3-4H2,(H,10,14,16)/t5?,6-,8-/m0/s1. The first-order valence-electron chi connectivity index (χ1n) is 4.87. The summed E-state index contributed by atoms with van der Waals surface area (Å²) in [7, 11) is 0. The Hall–Kier alpha value is -1.02. The first-order valence-corrected chi connectivity index (χ1v) is 5.28. The molecule has 0 saturated carbocycles. The Morgan fingerprint density at radius 1 is 1.69 bits per heavy atom. The van der Waals surface area contributed by atoms with Gasteiger partial charge >= 0.3 is 5.69 Å². The minimum absolute atomic E-state index is 0.269. The fourth-order valence-electron chi connectivity index (χ4n) is 1.70. The molecule has 2 heterocycles. The van der Waals surface area contributed by atoms with Crippen molar-refractivity contribution in [1.29, 1.82) is 0 Å². The Bertz CT molecular complexity index is 483. The van der Waals surface area contributed by atoms with Crippen LogP contribution in [0.5, 0.6) is 0 Å². The molecule has 0 radical (unpaired) electrons. The van der Waals surface area contributed by atoms with Crippen LogP contribution in [0, 0.1) is 4.64 Å². The molecule has 1 aromatic heterocycles. The molecule has 1 aromatic rings. The molecule has 3 atom stereocenters. The maximum atomic E-state index is 11.5. The van der Waals surface area contributed by atoms with Gasteiger partial charge < -0.3 is 14.9 Å². The van der Waals surface area contributed by atoms with Crippen molar-refractivity contribution in [2.75, 3.05) is 6.61 Å². The SMILES string of the molecule is O=c1[nH]c(=S)ccn1[C@@H]1CC(O)[C@H](CO)O1. The fraction of sp³-hybridized carbons (Fsp3) is 0.556. The fourth-order valence-corrected chi connectivity index (χ4v) is 1.85. The van der Waals surface area contributed by atoms with Crippen molar-refractivity contribution in [2.45, 2.75) is 24.9 Å². The highest BCUT2D eigenvalue weighted by Crippen LogP contribution is 2.26. The van der Waals surface area contributed by atoms with E-state index in [9.17, 15) is 9.90 Å². The van der Waals surface area contributed by atoms with Gasteiger partial charge in [0.25, 0.3) is 0 Å². The van der Waals surface area contributed by atoms with Crippen LogP contribution in [0.2, 0.25) is 0 Å². The quantitative estimate of drug-likeness (QED) is 0.613. The van der Waals surface area contributed by atoms with Gasteiger partial charge in [0.2, 0.25) is 0 Å². The normalized spacial score (nSPS) is 29.5. The van der Waals surface area contributed by atoms with Crippen molar-refractivity contribution in [1.82, 2.24) is 9.55 Å². The van der Waals surface area contributed by atoms with Crippen LogP contribution in [-0.2, 0) is 4.74 Å². The lowest BCUT2D eigenvalue weighted by molar-refractivity contribution is -0.0459. The average Bonchev–Trinajstić information content (AvgIpc) is 2.59. The molecule has 1 aliphatic rings. The number of rotatable bonds is 2. The van der Waals surface area contributed by atoms with E-state index in [0.717, 1.165) is 0 Å². The number of aromatic nitrogens is 2. The van der Waals surface area contributed by atoms with Crippen LogP contribution in [0.3, 0.4) is 0 Å². The second kappa shape index (κ2) is 4.46. The zero-order valence-corrected chi connectivity index (χ0v) is 9.18. The van der Waals surface area contributed by atoms with E-state index < -0.39 is 18.4 Å².